The predicted octanol–water partition coefficient (Wildman–Crippen LogP) is 4.35. The number of urea groups is 1. The highest BCUT2D eigenvalue weighted by atomic mass is 79.9. The summed E-state index contributed by atoms with van der Waals surface area (Å²) in [5, 5.41) is 5.70. The van der Waals surface area contributed by atoms with Gasteiger partial charge in [0, 0.05) is 10.0 Å². The van der Waals surface area contributed by atoms with E-state index in [1.807, 2.05) is 49.4 Å². The molecule has 0 radical (unpaired) electrons. The van der Waals surface area contributed by atoms with Gasteiger partial charge in [-0.2, -0.15) is 0 Å². The van der Waals surface area contributed by atoms with Crippen LogP contribution in [0.5, 0.6) is 11.5 Å². The molecule has 1 atom stereocenters. The van der Waals surface area contributed by atoms with E-state index in [1.54, 1.807) is 14.2 Å². The first-order valence-electron chi connectivity index (χ1n) is 7.09. The Balaban J connectivity index is 2.10. The zero-order valence-corrected chi connectivity index (χ0v) is 14.8. The minimum atomic E-state index is -0.297. The van der Waals surface area contributed by atoms with Gasteiger partial charge in [-0.05, 0) is 53.2 Å². The first-order chi connectivity index (χ1) is 11.0. The summed E-state index contributed by atoms with van der Waals surface area (Å²) < 4.78 is 11.4. The fourth-order valence-electron chi connectivity index (χ4n) is 2.17. The van der Waals surface area contributed by atoms with Gasteiger partial charge in [0.2, 0.25) is 0 Å². The molecule has 2 aromatic rings. The van der Waals surface area contributed by atoms with Crippen molar-refractivity contribution in [1.29, 1.82) is 0 Å². The highest BCUT2D eigenvalue weighted by molar-refractivity contribution is 9.10. The van der Waals surface area contributed by atoms with Crippen molar-refractivity contribution in [2.45, 2.75) is 13.0 Å². The highest BCUT2D eigenvalue weighted by Gasteiger charge is 2.15. The van der Waals surface area contributed by atoms with Crippen LogP contribution in [0.3, 0.4) is 0 Å². The number of para-hydroxylation sites is 1. The number of hydrogen-bond donors (Lipinski definition) is 2. The largest absolute Gasteiger partial charge is 0.497 e. The van der Waals surface area contributed by atoms with Crippen LogP contribution >= 0.6 is 15.9 Å². The van der Waals surface area contributed by atoms with E-state index in [0.717, 1.165) is 10.0 Å². The number of ether oxygens (including phenoxy) is 2. The van der Waals surface area contributed by atoms with Gasteiger partial charge in [0.05, 0.1) is 25.9 Å². The van der Waals surface area contributed by atoms with Crippen LogP contribution in [-0.2, 0) is 0 Å². The molecule has 2 rings (SSSR count). The maximum atomic E-state index is 12.2. The third-order valence-electron chi connectivity index (χ3n) is 3.37. The third kappa shape index (κ3) is 4.39. The van der Waals surface area contributed by atoms with E-state index in [4.69, 9.17) is 9.47 Å². The number of nitrogens with one attached hydrogen (secondary N) is 2. The summed E-state index contributed by atoms with van der Waals surface area (Å²) in [6.45, 7) is 1.89. The molecule has 0 aromatic heterocycles. The minimum absolute atomic E-state index is 0.248. The van der Waals surface area contributed by atoms with Crippen LogP contribution in [0, 0.1) is 0 Å². The second-order valence-electron chi connectivity index (χ2n) is 4.91. The average molecular weight is 379 g/mol. The third-order valence-corrected chi connectivity index (χ3v) is 4.06. The molecule has 122 valence electrons. The molecule has 6 heteroatoms. The van der Waals surface area contributed by atoms with Crippen LogP contribution in [0.4, 0.5) is 10.5 Å². The molecule has 0 aliphatic rings. The summed E-state index contributed by atoms with van der Waals surface area (Å²) in [6, 6.07) is 12.4. The lowest BCUT2D eigenvalue weighted by atomic mass is 10.1. The molecular formula is C17H19BrN2O3. The first-order valence-corrected chi connectivity index (χ1v) is 7.88. The average Bonchev–Trinajstić information content (AvgIpc) is 2.56. The standard InChI is InChI=1S/C17H19BrN2O3/c1-11(13-10-12(22-2)8-9-16(13)23-3)19-17(21)20-15-7-5-4-6-14(15)18/h4-11H,1-3H3,(H2,19,20,21). The van der Waals surface area contributed by atoms with Crippen molar-refractivity contribution in [2.75, 3.05) is 19.5 Å². The van der Waals surface area contributed by atoms with Gasteiger partial charge in [-0.1, -0.05) is 12.1 Å². The number of amides is 2. The van der Waals surface area contributed by atoms with Crippen molar-refractivity contribution < 1.29 is 14.3 Å². The Labute approximate surface area is 144 Å². The summed E-state index contributed by atoms with van der Waals surface area (Å²) in [5.41, 5.74) is 1.55. The van der Waals surface area contributed by atoms with E-state index in [1.165, 1.54) is 0 Å². The normalized spacial score (nSPS) is 11.5. The molecule has 0 heterocycles. The van der Waals surface area contributed by atoms with Crippen molar-refractivity contribution >= 4 is 27.6 Å². The molecule has 0 aliphatic heterocycles. The van der Waals surface area contributed by atoms with Crippen molar-refractivity contribution in [3.05, 3.63) is 52.5 Å². The Hall–Kier alpha value is -2.21. The van der Waals surface area contributed by atoms with Gasteiger partial charge < -0.3 is 20.1 Å². The molecule has 0 bridgehead atoms. The van der Waals surface area contributed by atoms with Crippen LogP contribution in [0.25, 0.3) is 0 Å². The molecule has 5 nitrogen and oxygen atoms in total. The van der Waals surface area contributed by atoms with E-state index in [9.17, 15) is 4.79 Å². The number of carbonyl (C=O) groups is 1. The number of rotatable bonds is 5. The molecule has 2 amide bonds. The van der Waals surface area contributed by atoms with Crippen molar-refractivity contribution in [1.82, 2.24) is 5.32 Å². The highest BCUT2D eigenvalue weighted by Crippen LogP contribution is 2.29. The smallest absolute Gasteiger partial charge is 0.319 e. The fraction of sp³-hybridized carbons (Fsp3) is 0.235. The molecule has 1 unspecified atom stereocenters. The van der Waals surface area contributed by atoms with E-state index >= 15 is 0 Å². The lowest BCUT2D eigenvalue weighted by Crippen LogP contribution is -2.31. The van der Waals surface area contributed by atoms with Gasteiger partial charge in [0.25, 0.3) is 0 Å². The number of hydrogen-bond acceptors (Lipinski definition) is 3. The Morgan fingerprint density at radius 2 is 1.87 bits per heavy atom. The molecule has 23 heavy (non-hydrogen) atoms. The molecule has 2 N–H and O–H groups in total. The zero-order valence-electron chi connectivity index (χ0n) is 13.2. The van der Waals surface area contributed by atoms with Gasteiger partial charge >= 0.3 is 6.03 Å². The topological polar surface area (TPSA) is 59.6 Å². The minimum Gasteiger partial charge on any atom is -0.497 e. The quantitative estimate of drug-likeness (QED) is 0.812. The second-order valence-corrected chi connectivity index (χ2v) is 5.76. The van der Waals surface area contributed by atoms with Gasteiger partial charge in [-0.25, -0.2) is 4.79 Å². The summed E-state index contributed by atoms with van der Waals surface area (Å²) in [7, 11) is 3.20. The van der Waals surface area contributed by atoms with E-state index < -0.39 is 0 Å². The number of benzene rings is 2. The van der Waals surface area contributed by atoms with Crippen LogP contribution in [0.2, 0.25) is 0 Å². The molecule has 2 aromatic carbocycles. The predicted molar refractivity (Wildman–Crippen MR) is 94.3 cm³/mol. The summed E-state index contributed by atoms with van der Waals surface area (Å²) in [4.78, 5) is 12.2. The summed E-state index contributed by atoms with van der Waals surface area (Å²) >= 11 is 3.40. The molecule has 0 spiro atoms. The molecule has 0 saturated carbocycles. The van der Waals surface area contributed by atoms with Crippen LogP contribution < -0.4 is 20.1 Å². The van der Waals surface area contributed by atoms with Gasteiger partial charge in [0.15, 0.2) is 0 Å². The van der Waals surface area contributed by atoms with Crippen LogP contribution in [0.1, 0.15) is 18.5 Å². The molecule has 0 aliphatic carbocycles. The first kappa shape index (κ1) is 17.1. The van der Waals surface area contributed by atoms with E-state index in [2.05, 4.69) is 26.6 Å². The summed E-state index contributed by atoms with van der Waals surface area (Å²) in [6.07, 6.45) is 0. The van der Waals surface area contributed by atoms with Crippen LogP contribution in [0.15, 0.2) is 46.9 Å². The van der Waals surface area contributed by atoms with Gasteiger partial charge in [-0.15, -0.1) is 0 Å². The SMILES string of the molecule is COc1ccc(OC)c(C(C)NC(=O)Nc2ccccc2Br)c1. The lowest BCUT2D eigenvalue weighted by molar-refractivity contribution is 0.249. The maximum absolute atomic E-state index is 12.2. The number of carbonyl (C=O) groups excluding carboxylic acids is 1. The van der Waals surface area contributed by atoms with Crippen molar-refractivity contribution in [3.63, 3.8) is 0 Å². The number of halogens is 1. The molecular weight excluding hydrogens is 360 g/mol. The van der Waals surface area contributed by atoms with E-state index in [-0.39, 0.29) is 12.1 Å². The number of anilines is 1. The fourth-order valence-corrected chi connectivity index (χ4v) is 2.56. The lowest BCUT2D eigenvalue weighted by Gasteiger charge is -2.19. The van der Waals surface area contributed by atoms with Gasteiger partial charge in [0.1, 0.15) is 11.5 Å². The Morgan fingerprint density at radius 1 is 1.13 bits per heavy atom. The molecule has 0 saturated heterocycles. The maximum Gasteiger partial charge on any atom is 0.319 e. The monoisotopic (exact) mass is 378 g/mol. The Morgan fingerprint density at radius 3 is 2.52 bits per heavy atom. The molecule has 0 fully saturated rings. The summed E-state index contributed by atoms with van der Waals surface area (Å²) in [5.74, 6) is 1.40. The Kier molecular flexibility index (Phi) is 5.87. The Bertz CT molecular complexity index is 691. The number of methoxy groups -OCH3 is 2. The van der Waals surface area contributed by atoms with Crippen molar-refractivity contribution in [2.24, 2.45) is 0 Å². The second kappa shape index (κ2) is 7.87. The zero-order chi connectivity index (χ0) is 16.8. The van der Waals surface area contributed by atoms with Gasteiger partial charge in [-0.3, -0.25) is 0 Å². The van der Waals surface area contributed by atoms with E-state index in [0.29, 0.717) is 17.2 Å². The van der Waals surface area contributed by atoms with Crippen LogP contribution in [-0.4, -0.2) is 20.3 Å². The van der Waals surface area contributed by atoms with Crippen molar-refractivity contribution in [3.8, 4) is 11.5 Å².